The number of nitrogens with zero attached hydrogens (tertiary/aromatic N) is 1. The molecule has 3 rings (SSSR count). The average Bonchev–Trinajstić information content (AvgIpc) is 3.24. The van der Waals surface area contributed by atoms with E-state index in [0.717, 1.165) is 23.7 Å². The lowest BCUT2D eigenvalue weighted by Gasteiger charge is -2.19. The standard InChI is InChI=1S/C14H14NOP/c16-17(15-11-12-15,13-7-3-1-4-8-13)14-9-5-2-6-10-14/h1-10H,11-12H2. The highest BCUT2D eigenvalue weighted by Gasteiger charge is 2.40. The molecule has 1 aliphatic rings. The molecule has 0 aliphatic carbocycles. The average molecular weight is 243 g/mol. The Bertz CT molecular complexity index is 505. The fraction of sp³-hybridized carbons (Fsp3) is 0.143. The molecule has 2 aromatic rings. The summed E-state index contributed by atoms with van der Waals surface area (Å²) in [6.45, 7) is 1.86. The van der Waals surface area contributed by atoms with Gasteiger partial charge < -0.3 is 0 Å². The molecule has 0 atom stereocenters. The van der Waals surface area contributed by atoms with Crippen LogP contribution in [0.1, 0.15) is 0 Å². The SMILES string of the molecule is O=P(c1ccccc1)(c1ccccc1)N1CC1. The molecular formula is C14H14NOP. The van der Waals surface area contributed by atoms with Gasteiger partial charge in [0, 0.05) is 23.7 Å². The highest BCUT2D eigenvalue weighted by molar-refractivity contribution is 7.76. The minimum absolute atomic E-state index is 0.932. The Labute approximate surface area is 101 Å². The molecule has 0 bridgehead atoms. The summed E-state index contributed by atoms with van der Waals surface area (Å²) in [4.78, 5) is 0. The van der Waals surface area contributed by atoms with Crippen molar-refractivity contribution in [3.8, 4) is 0 Å². The Kier molecular flexibility index (Phi) is 2.62. The van der Waals surface area contributed by atoms with Gasteiger partial charge in [0.1, 0.15) is 0 Å². The van der Waals surface area contributed by atoms with E-state index in [1.165, 1.54) is 0 Å². The fourth-order valence-electron chi connectivity index (χ4n) is 2.06. The molecule has 0 spiro atoms. The molecule has 1 saturated heterocycles. The molecule has 3 heteroatoms. The van der Waals surface area contributed by atoms with Gasteiger partial charge in [-0.2, -0.15) is 0 Å². The summed E-state index contributed by atoms with van der Waals surface area (Å²) in [5, 5.41) is 1.87. The van der Waals surface area contributed by atoms with Crippen LogP contribution in [0.2, 0.25) is 0 Å². The molecule has 86 valence electrons. The number of hydrogen-bond donors (Lipinski definition) is 0. The third-order valence-corrected chi connectivity index (χ3v) is 6.23. The highest BCUT2D eigenvalue weighted by Crippen LogP contribution is 2.51. The Morgan fingerprint density at radius 3 is 1.53 bits per heavy atom. The van der Waals surface area contributed by atoms with Crippen LogP contribution in [0.15, 0.2) is 60.7 Å². The van der Waals surface area contributed by atoms with Gasteiger partial charge in [0.15, 0.2) is 0 Å². The van der Waals surface area contributed by atoms with E-state index in [2.05, 4.69) is 4.67 Å². The summed E-state index contributed by atoms with van der Waals surface area (Å²) >= 11 is 0. The molecule has 1 heterocycles. The monoisotopic (exact) mass is 243 g/mol. The van der Waals surface area contributed by atoms with Crippen LogP contribution in [-0.2, 0) is 4.57 Å². The Balaban J connectivity index is 2.15. The van der Waals surface area contributed by atoms with Crippen LogP contribution in [0.5, 0.6) is 0 Å². The van der Waals surface area contributed by atoms with E-state index < -0.39 is 7.29 Å². The largest absolute Gasteiger partial charge is 0.296 e. The Morgan fingerprint density at radius 2 is 1.18 bits per heavy atom. The van der Waals surface area contributed by atoms with Crippen LogP contribution in [-0.4, -0.2) is 17.8 Å². The van der Waals surface area contributed by atoms with Crippen molar-refractivity contribution in [2.75, 3.05) is 13.1 Å². The molecule has 1 aliphatic heterocycles. The van der Waals surface area contributed by atoms with Gasteiger partial charge in [0.05, 0.1) is 0 Å². The van der Waals surface area contributed by atoms with Crippen molar-refractivity contribution in [1.82, 2.24) is 4.67 Å². The molecule has 2 nitrogen and oxygen atoms in total. The zero-order chi connectivity index (χ0) is 11.7. The normalized spacial score (nSPS) is 15.8. The van der Waals surface area contributed by atoms with Crippen LogP contribution in [0.25, 0.3) is 0 Å². The van der Waals surface area contributed by atoms with Gasteiger partial charge >= 0.3 is 0 Å². The summed E-state index contributed by atoms with van der Waals surface area (Å²) < 4.78 is 15.4. The van der Waals surface area contributed by atoms with E-state index in [1.54, 1.807) is 0 Å². The Morgan fingerprint density at radius 1 is 0.765 bits per heavy atom. The second-order valence-corrected chi connectivity index (χ2v) is 6.95. The molecule has 0 saturated carbocycles. The first kappa shape index (κ1) is 10.8. The first-order valence-electron chi connectivity index (χ1n) is 5.78. The molecule has 1 fully saturated rings. The summed E-state index contributed by atoms with van der Waals surface area (Å²) in [7, 11) is -2.55. The zero-order valence-electron chi connectivity index (χ0n) is 9.49. The van der Waals surface area contributed by atoms with Crippen molar-refractivity contribution in [2.45, 2.75) is 0 Å². The topological polar surface area (TPSA) is 20.1 Å². The third kappa shape index (κ3) is 1.84. The van der Waals surface area contributed by atoms with Crippen molar-refractivity contribution >= 4 is 17.9 Å². The van der Waals surface area contributed by atoms with Crippen molar-refractivity contribution < 1.29 is 4.57 Å². The van der Waals surface area contributed by atoms with Crippen molar-refractivity contribution in [3.05, 3.63) is 60.7 Å². The lowest BCUT2D eigenvalue weighted by Crippen LogP contribution is -2.21. The first-order valence-corrected chi connectivity index (χ1v) is 7.44. The quantitative estimate of drug-likeness (QED) is 0.608. The third-order valence-electron chi connectivity index (χ3n) is 3.03. The molecule has 0 aromatic heterocycles. The van der Waals surface area contributed by atoms with E-state index in [9.17, 15) is 4.57 Å². The molecule has 0 unspecified atom stereocenters. The molecule has 0 amide bonds. The van der Waals surface area contributed by atoms with Gasteiger partial charge in [0.25, 0.3) is 0 Å². The van der Waals surface area contributed by atoms with Gasteiger partial charge in [-0.25, -0.2) is 4.67 Å². The second-order valence-electron chi connectivity index (χ2n) is 4.20. The fourth-order valence-corrected chi connectivity index (χ4v) is 4.82. The molecule has 2 aromatic carbocycles. The molecule has 0 radical (unpaired) electrons. The zero-order valence-corrected chi connectivity index (χ0v) is 10.4. The summed E-state index contributed by atoms with van der Waals surface area (Å²) in [5.74, 6) is 0. The molecule has 17 heavy (non-hydrogen) atoms. The first-order chi connectivity index (χ1) is 8.32. The Hall–Kier alpha value is -1.37. The van der Waals surface area contributed by atoms with Gasteiger partial charge in [-0.15, -0.1) is 0 Å². The maximum absolute atomic E-state index is 13.3. The van der Waals surface area contributed by atoms with Gasteiger partial charge in [-0.1, -0.05) is 36.4 Å². The van der Waals surface area contributed by atoms with E-state index in [0.29, 0.717) is 0 Å². The van der Waals surface area contributed by atoms with Gasteiger partial charge in [-0.05, 0) is 24.3 Å². The minimum Gasteiger partial charge on any atom is -0.296 e. The smallest absolute Gasteiger partial charge is 0.207 e. The lowest BCUT2D eigenvalue weighted by atomic mass is 10.4. The summed E-state index contributed by atoms with van der Waals surface area (Å²) in [6, 6.07) is 19.6. The molecule has 0 N–H and O–H groups in total. The van der Waals surface area contributed by atoms with Gasteiger partial charge in [-0.3, -0.25) is 4.57 Å². The maximum atomic E-state index is 13.3. The van der Waals surface area contributed by atoms with Gasteiger partial charge in [0.2, 0.25) is 7.29 Å². The maximum Gasteiger partial charge on any atom is 0.207 e. The number of benzene rings is 2. The van der Waals surface area contributed by atoms with Crippen molar-refractivity contribution in [3.63, 3.8) is 0 Å². The summed E-state index contributed by atoms with van der Waals surface area (Å²) in [5.41, 5.74) is 0. The van der Waals surface area contributed by atoms with Crippen molar-refractivity contribution in [2.24, 2.45) is 0 Å². The predicted molar refractivity (Wildman–Crippen MR) is 71.3 cm³/mol. The highest BCUT2D eigenvalue weighted by atomic mass is 31.2. The number of rotatable bonds is 3. The van der Waals surface area contributed by atoms with E-state index in [4.69, 9.17) is 0 Å². The van der Waals surface area contributed by atoms with Crippen molar-refractivity contribution in [1.29, 1.82) is 0 Å². The second kappa shape index (κ2) is 4.14. The minimum atomic E-state index is -2.55. The number of hydrogen-bond acceptors (Lipinski definition) is 1. The lowest BCUT2D eigenvalue weighted by molar-refractivity contribution is 0.566. The summed E-state index contributed by atoms with van der Waals surface area (Å²) in [6.07, 6.45) is 0. The van der Waals surface area contributed by atoms with E-state index >= 15 is 0 Å². The van der Waals surface area contributed by atoms with Crippen LogP contribution in [0.3, 0.4) is 0 Å². The van der Waals surface area contributed by atoms with Crippen LogP contribution >= 0.6 is 7.29 Å². The van der Waals surface area contributed by atoms with E-state index in [-0.39, 0.29) is 0 Å². The van der Waals surface area contributed by atoms with Crippen LogP contribution < -0.4 is 10.6 Å². The molecular weight excluding hydrogens is 229 g/mol. The predicted octanol–water partition coefficient (Wildman–Crippen LogP) is 2.23. The van der Waals surface area contributed by atoms with Crippen LogP contribution in [0, 0.1) is 0 Å². The van der Waals surface area contributed by atoms with Crippen LogP contribution in [0.4, 0.5) is 0 Å². The van der Waals surface area contributed by atoms with E-state index in [1.807, 2.05) is 60.7 Å².